The van der Waals surface area contributed by atoms with Crippen molar-refractivity contribution in [1.29, 1.82) is 0 Å². The van der Waals surface area contributed by atoms with Crippen LogP contribution in [0.25, 0.3) is 0 Å². The molecule has 0 atom stereocenters. The maximum atomic E-state index is 12.2. The van der Waals surface area contributed by atoms with E-state index in [0.29, 0.717) is 35.3 Å². The van der Waals surface area contributed by atoms with E-state index in [9.17, 15) is 4.79 Å². The number of benzene rings is 1. The number of hydrogen-bond acceptors (Lipinski definition) is 5. The van der Waals surface area contributed by atoms with Gasteiger partial charge in [0.15, 0.2) is 11.5 Å². The predicted molar refractivity (Wildman–Crippen MR) is 96.4 cm³/mol. The van der Waals surface area contributed by atoms with Crippen LogP contribution in [0.4, 0.5) is 0 Å². The lowest BCUT2D eigenvalue weighted by Gasteiger charge is -2.12. The number of amides is 1. The molecule has 0 bridgehead atoms. The lowest BCUT2D eigenvalue weighted by Crippen LogP contribution is -2.17. The molecule has 0 saturated heterocycles. The number of furan rings is 1. The van der Waals surface area contributed by atoms with Gasteiger partial charge in [-0.25, -0.2) is 5.43 Å². The molecule has 2 rings (SSSR count). The molecule has 6 heteroatoms. The first-order valence-corrected chi connectivity index (χ1v) is 8.20. The first-order valence-electron chi connectivity index (χ1n) is 8.20. The highest BCUT2D eigenvalue weighted by atomic mass is 16.5. The number of carbonyl (C=O) groups is 1. The second-order valence-electron chi connectivity index (χ2n) is 6.04. The van der Waals surface area contributed by atoms with E-state index in [-0.39, 0.29) is 5.91 Å². The minimum Gasteiger partial charge on any atom is -0.493 e. The second-order valence-corrected chi connectivity index (χ2v) is 6.04. The summed E-state index contributed by atoms with van der Waals surface area (Å²) in [5.41, 5.74) is 2.89. The van der Waals surface area contributed by atoms with E-state index in [1.807, 2.05) is 13.0 Å². The highest BCUT2D eigenvalue weighted by molar-refractivity contribution is 5.95. The first kappa shape index (κ1) is 18.6. The minimum absolute atomic E-state index is 0.341. The molecule has 1 amide bonds. The van der Waals surface area contributed by atoms with Crippen molar-refractivity contribution in [2.45, 2.75) is 27.2 Å². The van der Waals surface area contributed by atoms with E-state index in [1.54, 1.807) is 31.4 Å². The van der Waals surface area contributed by atoms with Crippen molar-refractivity contribution >= 4 is 12.1 Å². The summed E-state index contributed by atoms with van der Waals surface area (Å²) < 4.78 is 16.4. The number of aryl methyl sites for hydroxylation is 1. The van der Waals surface area contributed by atoms with Crippen LogP contribution in [0.5, 0.6) is 11.5 Å². The third-order valence-corrected chi connectivity index (χ3v) is 3.50. The molecule has 0 unspecified atom stereocenters. The predicted octanol–water partition coefficient (Wildman–Crippen LogP) is 3.79. The minimum atomic E-state index is -0.341. The van der Waals surface area contributed by atoms with Crippen molar-refractivity contribution in [2.24, 2.45) is 11.0 Å². The van der Waals surface area contributed by atoms with Crippen molar-refractivity contribution in [3.05, 3.63) is 47.4 Å². The fraction of sp³-hybridized carbons (Fsp3) is 0.368. The molecular formula is C19H24N2O4. The summed E-state index contributed by atoms with van der Waals surface area (Å²) in [4.78, 5) is 12.2. The summed E-state index contributed by atoms with van der Waals surface area (Å²) in [5.74, 6) is 2.71. The van der Waals surface area contributed by atoms with Crippen LogP contribution in [-0.2, 0) is 0 Å². The lowest BCUT2D eigenvalue weighted by molar-refractivity contribution is 0.0954. The second kappa shape index (κ2) is 8.92. The molecular weight excluding hydrogens is 320 g/mol. The smallest absolute Gasteiger partial charge is 0.271 e. The number of hydrogen-bond donors (Lipinski definition) is 1. The van der Waals surface area contributed by atoms with Gasteiger partial charge in [-0.1, -0.05) is 13.8 Å². The number of rotatable bonds is 8. The molecule has 25 heavy (non-hydrogen) atoms. The Morgan fingerprint density at radius 2 is 2.08 bits per heavy atom. The van der Waals surface area contributed by atoms with Crippen LogP contribution in [0.15, 0.2) is 39.9 Å². The third-order valence-electron chi connectivity index (χ3n) is 3.50. The Balaban J connectivity index is 1.98. The molecule has 2 aromatic rings. The van der Waals surface area contributed by atoms with E-state index in [2.05, 4.69) is 24.4 Å². The zero-order valence-corrected chi connectivity index (χ0v) is 15.0. The van der Waals surface area contributed by atoms with Crippen molar-refractivity contribution < 1.29 is 18.7 Å². The van der Waals surface area contributed by atoms with Gasteiger partial charge in [0.2, 0.25) is 0 Å². The van der Waals surface area contributed by atoms with Gasteiger partial charge in [0, 0.05) is 5.56 Å². The summed E-state index contributed by atoms with van der Waals surface area (Å²) in [6.07, 6.45) is 2.40. The molecule has 0 aliphatic rings. The lowest BCUT2D eigenvalue weighted by atomic mass is 10.1. The van der Waals surface area contributed by atoms with Crippen molar-refractivity contribution in [3.8, 4) is 11.5 Å². The van der Waals surface area contributed by atoms with Crippen LogP contribution in [-0.4, -0.2) is 25.8 Å². The quantitative estimate of drug-likeness (QED) is 0.584. The highest BCUT2D eigenvalue weighted by Crippen LogP contribution is 2.28. The van der Waals surface area contributed by atoms with Gasteiger partial charge in [-0.15, -0.1) is 0 Å². The van der Waals surface area contributed by atoms with Gasteiger partial charge in [0.05, 0.1) is 19.9 Å². The first-order chi connectivity index (χ1) is 12.0. The van der Waals surface area contributed by atoms with Crippen molar-refractivity contribution in [1.82, 2.24) is 5.43 Å². The SMILES string of the molecule is COc1cc(C(=O)N/N=C/c2ccc(C)o2)ccc1OCCC(C)C. The van der Waals surface area contributed by atoms with Gasteiger partial charge >= 0.3 is 0 Å². The fourth-order valence-electron chi connectivity index (χ4n) is 2.07. The van der Waals surface area contributed by atoms with Gasteiger partial charge in [-0.05, 0) is 49.6 Å². The molecule has 0 spiro atoms. The Morgan fingerprint density at radius 1 is 1.28 bits per heavy atom. The standard InChI is InChI=1S/C19H24N2O4/c1-13(2)9-10-24-17-8-6-15(11-18(17)23-4)19(22)21-20-12-16-7-5-14(3)25-16/h5-8,11-13H,9-10H2,1-4H3,(H,21,22)/b20-12+. The van der Waals surface area contributed by atoms with Crippen LogP contribution < -0.4 is 14.9 Å². The molecule has 0 fully saturated rings. The van der Waals surface area contributed by atoms with Gasteiger partial charge in [0.1, 0.15) is 11.5 Å². The number of nitrogens with zero attached hydrogens (tertiary/aromatic N) is 1. The van der Waals surface area contributed by atoms with E-state index in [4.69, 9.17) is 13.9 Å². The molecule has 0 saturated carbocycles. The van der Waals surface area contributed by atoms with Gasteiger partial charge in [-0.3, -0.25) is 4.79 Å². The summed E-state index contributed by atoms with van der Waals surface area (Å²) >= 11 is 0. The summed E-state index contributed by atoms with van der Waals surface area (Å²) in [6.45, 7) is 6.72. The van der Waals surface area contributed by atoms with Gasteiger partial charge in [-0.2, -0.15) is 5.10 Å². The topological polar surface area (TPSA) is 73.1 Å². The Labute approximate surface area is 147 Å². The molecule has 1 aromatic carbocycles. The van der Waals surface area contributed by atoms with E-state index in [0.717, 1.165) is 12.2 Å². The number of hydrazone groups is 1. The van der Waals surface area contributed by atoms with Crippen LogP contribution in [0, 0.1) is 12.8 Å². The molecule has 1 N–H and O–H groups in total. The summed E-state index contributed by atoms with van der Waals surface area (Å²) in [6, 6.07) is 8.64. The fourth-order valence-corrected chi connectivity index (χ4v) is 2.07. The number of carbonyl (C=O) groups excluding carboxylic acids is 1. The zero-order chi connectivity index (χ0) is 18.2. The maximum absolute atomic E-state index is 12.2. The normalized spacial score (nSPS) is 11.1. The molecule has 0 radical (unpaired) electrons. The van der Waals surface area contributed by atoms with Gasteiger partial charge in [0.25, 0.3) is 5.91 Å². The Morgan fingerprint density at radius 3 is 2.72 bits per heavy atom. The summed E-state index contributed by atoms with van der Waals surface area (Å²) in [7, 11) is 1.55. The maximum Gasteiger partial charge on any atom is 0.271 e. The Hall–Kier alpha value is -2.76. The van der Waals surface area contributed by atoms with Crippen LogP contribution in [0.2, 0.25) is 0 Å². The summed E-state index contributed by atoms with van der Waals surface area (Å²) in [5, 5.41) is 3.89. The molecule has 1 aromatic heterocycles. The average molecular weight is 344 g/mol. The van der Waals surface area contributed by atoms with E-state index in [1.165, 1.54) is 6.21 Å². The number of ether oxygens (including phenoxy) is 2. The molecule has 6 nitrogen and oxygen atoms in total. The molecule has 0 aliphatic heterocycles. The zero-order valence-electron chi connectivity index (χ0n) is 15.0. The van der Waals surface area contributed by atoms with Crippen LogP contribution in [0.3, 0.4) is 0 Å². The van der Waals surface area contributed by atoms with Crippen LogP contribution in [0.1, 0.15) is 42.1 Å². The number of nitrogens with one attached hydrogen (secondary N) is 1. The Kier molecular flexibility index (Phi) is 6.62. The number of methoxy groups -OCH3 is 1. The van der Waals surface area contributed by atoms with E-state index < -0.39 is 0 Å². The highest BCUT2D eigenvalue weighted by Gasteiger charge is 2.11. The monoisotopic (exact) mass is 344 g/mol. The van der Waals surface area contributed by atoms with E-state index >= 15 is 0 Å². The third kappa shape index (κ3) is 5.67. The average Bonchev–Trinajstić information content (AvgIpc) is 3.00. The molecule has 1 heterocycles. The van der Waals surface area contributed by atoms with Crippen molar-refractivity contribution in [3.63, 3.8) is 0 Å². The van der Waals surface area contributed by atoms with Crippen LogP contribution >= 0.6 is 0 Å². The largest absolute Gasteiger partial charge is 0.493 e. The molecule has 134 valence electrons. The van der Waals surface area contributed by atoms with Gasteiger partial charge < -0.3 is 13.9 Å². The molecule has 0 aliphatic carbocycles. The Bertz CT molecular complexity index is 735. The van der Waals surface area contributed by atoms with Crippen molar-refractivity contribution in [2.75, 3.05) is 13.7 Å².